The maximum absolute atomic E-state index is 13.2. The molecule has 0 aliphatic heterocycles. The predicted octanol–water partition coefficient (Wildman–Crippen LogP) is 4.03. The minimum Gasteiger partial charge on any atom is -0.316 e. The van der Waals surface area contributed by atoms with Crippen LogP contribution >= 0.6 is 0 Å². The Hall–Kier alpha value is -0.890. The van der Waals surface area contributed by atoms with Crippen LogP contribution in [0.15, 0.2) is 24.3 Å². The highest BCUT2D eigenvalue weighted by Crippen LogP contribution is 2.30. The Kier molecular flexibility index (Phi) is 5.80. The van der Waals surface area contributed by atoms with Gasteiger partial charge in [0.2, 0.25) is 0 Å². The van der Waals surface area contributed by atoms with Gasteiger partial charge in [0.1, 0.15) is 5.82 Å². The van der Waals surface area contributed by atoms with Crippen LogP contribution in [0, 0.1) is 17.2 Å². The summed E-state index contributed by atoms with van der Waals surface area (Å²) in [7, 11) is 0. The summed E-state index contributed by atoms with van der Waals surface area (Å²) in [6.45, 7) is 11.0. The Labute approximate surface area is 111 Å². The molecule has 1 unspecified atom stereocenters. The molecule has 0 saturated carbocycles. The van der Waals surface area contributed by atoms with Crippen LogP contribution in [0.5, 0.6) is 0 Å². The van der Waals surface area contributed by atoms with Gasteiger partial charge in [-0.25, -0.2) is 4.39 Å². The molecular weight excluding hydrogens is 225 g/mol. The van der Waals surface area contributed by atoms with E-state index in [9.17, 15) is 4.39 Å². The zero-order chi connectivity index (χ0) is 13.6. The lowest BCUT2D eigenvalue weighted by Gasteiger charge is -2.34. The first-order valence-corrected chi connectivity index (χ1v) is 6.93. The summed E-state index contributed by atoms with van der Waals surface area (Å²) < 4.78 is 13.2. The van der Waals surface area contributed by atoms with Crippen LogP contribution in [0.25, 0.3) is 0 Å². The topological polar surface area (TPSA) is 12.0 Å². The maximum Gasteiger partial charge on any atom is 0.123 e. The largest absolute Gasteiger partial charge is 0.316 e. The van der Waals surface area contributed by atoms with Crippen LogP contribution in [0.4, 0.5) is 4.39 Å². The van der Waals surface area contributed by atoms with E-state index < -0.39 is 0 Å². The van der Waals surface area contributed by atoms with E-state index in [0.717, 1.165) is 31.5 Å². The van der Waals surface area contributed by atoms with Crippen LogP contribution in [0.1, 0.15) is 39.7 Å². The molecule has 0 saturated heterocycles. The number of benzene rings is 1. The van der Waals surface area contributed by atoms with Gasteiger partial charge in [0.15, 0.2) is 0 Å². The highest BCUT2D eigenvalue weighted by atomic mass is 19.1. The SMILES string of the molecule is CCCNCC(C)(Cc1cccc(F)c1)C(C)C. The van der Waals surface area contributed by atoms with Crippen molar-refractivity contribution in [1.29, 1.82) is 0 Å². The van der Waals surface area contributed by atoms with E-state index in [1.165, 1.54) is 6.07 Å². The summed E-state index contributed by atoms with van der Waals surface area (Å²) in [4.78, 5) is 0. The lowest BCUT2D eigenvalue weighted by molar-refractivity contribution is 0.207. The van der Waals surface area contributed by atoms with Crippen molar-refractivity contribution in [2.75, 3.05) is 13.1 Å². The van der Waals surface area contributed by atoms with Crippen molar-refractivity contribution in [3.8, 4) is 0 Å². The molecule has 1 nitrogen and oxygen atoms in total. The molecule has 0 aliphatic carbocycles. The smallest absolute Gasteiger partial charge is 0.123 e. The average molecular weight is 251 g/mol. The molecule has 0 amide bonds. The van der Waals surface area contributed by atoms with Gasteiger partial charge in [-0.15, -0.1) is 0 Å². The fourth-order valence-corrected chi connectivity index (χ4v) is 2.13. The van der Waals surface area contributed by atoms with Gasteiger partial charge in [0.25, 0.3) is 0 Å². The van der Waals surface area contributed by atoms with Gasteiger partial charge in [-0.3, -0.25) is 0 Å². The van der Waals surface area contributed by atoms with Gasteiger partial charge in [0.05, 0.1) is 0 Å². The second-order valence-corrected chi connectivity index (χ2v) is 5.79. The number of hydrogen-bond acceptors (Lipinski definition) is 1. The van der Waals surface area contributed by atoms with Gasteiger partial charge >= 0.3 is 0 Å². The summed E-state index contributed by atoms with van der Waals surface area (Å²) in [5.74, 6) is 0.422. The third-order valence-electron chi connectivity index (χ3n) is 3.85. The summed E-state index contributed by atoms with van der Waals surface area (Å²) >= 11 is 0. The van der Waals surface area contributed by atoms with Gasteiger partial charge in [-0.1, -0.05) is 39.8 Å². The number of hydrogen-bond donors (Lipinski definition) is 1. The minimum absolute atomic E-state index is 0.139. The third kappa shape index (κ3) is 4.41. The fourth-order valence-electron chi connectivity index (χ4n) is 2.13. The molecule has 2 heteroatoms. The Balaban J connectivity index is 2.72. The van der Waals surface area contributed by atoms with Crippen molar-refractivity contribution >= 4 is 0 Å². The minimum atomic E-state index is -0.139. The van der Waals surface area contributed by atoms with Crippen molar-refractivity contribution in [1.82, 2.24) is 5.32 Å². The van der Waals surface area contributed by atoms with Crippen LogP contribution in [0.3, 0.4) is 0 Å². The molecule has 0 spiro atoms. The second kappa shape index (κ2) is 6.89. The van der Waals surface area contributed by atoms with Crippen LogP contribution in [0.2, 0.25) is 0 Å². The Morgan fingerprint density at radius 3 is 2.61 bits per heavy atom. The zero-order valence-corrected chi connectivity index (χ0v) is 12.1. The first-order chi connectivity index (χ1) is 8.48. The van der Waals surface area contributed by atoms with Crippen molar-refractivity contribution in [3.63, 3.8) is 0 Å². The van der Waals surface area contributed by atoms with Gasteiger partial charge < -0.3 is 5.32 Å². The summed E-state index contributed by atoms with van der Waals surface area (Å²) in [5, 5.41) is 3.50. The molecule has 0 fully saturated rings. The number of nitrogens with one attached hydrogen (secondary N) is 1. The zero-order valence-electron chi connectivity index (χ0n) is 12.1. The van der Waals surface area contributed by atoms with Crippen LogP contribution < -0.4 is 5.32 Å². The molecule has 18 heavy (non-hydrogen) atoms. The van der Waals surface area contributed by atoms with E-state index in [-0.39, 0.29) is 11.2 Å². The van der Waals surface area contributed by atoms with Gasteiger partial charge in [0, 0.05) is 6.54 Å². The number of halogens is 1. The molecule has 102 valence electrons. The molecule has 0 bridgehead atoms. The third-order valence-corrected chi connectivity index (χ3v) is 3.85. The molecule has 1 atom stereocenters. The molecule has 0 radical (unpaired) electrons. The summed E-state index contributed by atoms with van der Waals surface area (Å²) in [6, 6.07) is 6.97. The van der Waals surface area contributed by atoms with Gasteiger partial charge in [-0.05, 0) is 48.4 Å². The molecule has 0 aromatic heterocycles. The first-order valence-electron chi connectivity index (χ1n) is 6.93. The molecule has 0 heterocycles. The number of rotatable bonds is 7. The lowest BCUT2D eigenvalue weighted by atomic mass is 9.74. The van der Waals surface area contributed by atoms with E-state index in [4.69, 9.17) is 0 Å². The molecule has 1 N–H and O–H groups in total. The van der Waals surface area contributed by atoms with E-state index in [1.807, 2.05) is 6.07 Å². The highest BCUT2D eigenvalue weighted by molar-refractivity contribution is 5.18. The van der Waals surface area contributed by atoms with Crippen LogP contribution in [-0.4, -0.2) is 13.1 Å². The lowest BCUT2D eigenvalue weighted by Crippen LogP contribution is -2.38. The molecule has 1 rings (SSSR count). The van der Waals surface area contributed by atoms with Crippen molar-refractivity contribution in [2.24, 2.45) is 11.3 Å². The van der Waals surface area contributed by atoms with Crippen molar-refractivity contribution in [3.05, 3.63) is 35.6 Å². The summed E-state index contributed by atoms with van der Waals surface area (Å²) in [5.41, 5.74) is 1.26. The van der Waals surface area contributed by atoms with E-state index in [1.54, 1.807) is 12.1 Å². The van der Waals surface area contributed by atoms with Crippen molar-refractivity contribution in [2.45, 2.75) is 40.5 Å². The normalized spacial score (nSPS) is 14.8. The molecule has 0 aliphatic rings. The Morgan fingerprint density at radius 1 is 1.33 bits per heavy atom. The van der Waals surface area contributed by atoms with Crippen molar-refractivity contribution < 1.29 is 4.39 Å². The van der Waals surface area contributed by atoms with E-state index in [0.29, 0.717) is 5.92 Å². The Morgan fingerprint density at radius 2 is 2.06 bits per heavy atom. The standard InChI is InChI=1S/C16H26FN/c1-5-9-18-12-16(4,13(2)3)11-14-7-6-8-15(17)10-14/h6-8,10,13,18H,5,9,11-12H2,1-4H3. The molecular formula is C16H26FN. The van der Waals surface area contributed by atoms with E-state index in [2.05, 4.69) is 33.0 Å². The second-order valence-electron chi connectivity index (χ2n) is 5.79. The Bertz CT molecular complexity index is 362. The maximum atomic E-state index is 13.2. The average Bonchev–Trinajstić information content (AvgIpc) is 2.29. The van der Waals surface area contributed by atoms with E-state index >= 15 is 0 Å². The fraction of sp³-hybridized carbons (Fsp3) is 0.625. The monoisotopic (exact) mass is 251 g/mol. The quantitative estimate of drug-likeness (QED) is 0.721. The first kappa shape index (κ1) is 15.2. The molecule has 1 aromatic carbocycles. The predicted molar refractivity (Wildman–Crippen MR) is 76.2 cm³/mol. The highest BCUT2D eigenvalue weighted by Gasteiger charge is 2.28. The van der Waals surface area contributed by atoms with Gasteiger partial charge in [-0.2, -0.15) is 0 Å². The van der Waals surface area contributed by atoms with Crippen LogP contribution in [-0.2, 0) is 6.42 Å². The molecule has 1 aromatic rings. The summed E-state index contributed by atoms with van der Waals surface area (Å²) in [6.07, 6.45) is 2.06.